The second-order valence-corrected chi connectivity index (χ2v) is 7.18. The van der Waals surface area contributed by atoms with E-state index in [0.717, 1.165) is 26.3 Å². The van der Waals surface area contributed by atoms with E-state index in [1.54, 1.807) is 7.11 Å². The molecule has 2 aromatic carbocycles. The zero-order valence-corrected chi connectivity index (χ0v) is 15.7. The second kappa shape index (κ2) is 6.63. The molecular formula is C19H15ClN2O3S. The maximum Gasteiger partial charge on any atom is 0.252 e. The lowest BCUT2D eigenvalue weighted by molar-refractivity contribution is -0.135. The molecule has 132 valence electrons. The van der Waals surface area contributed by atoms with E-state index in [0.29, 0.717) is 10.9 Å². The van der Waals surface area contributed by atoms with Crippen LogP contribution in [0.3, 0.4) is 0 Å². The summed E-state index contributed by atoms with van der Waals surface area (Å²) in [7, 11) is 1.60. The van der Waals surface area contributed by atoms with Crippen LogP contribution in [-0.2, 0) is 9.53 Å². The second-order valence-electron chi connectivity index (χ2n) is 5.75. The van der Waals surface area contributed by atoms with E-state index in [1.807, 2.05) is 48.5 Å². The van der Waals surface area contributed by atoms with Crippen molar-refractivity contribution >= 4 is 44.8 Å². The number of benzene rings is 2. The lowest BCUT2D eigenvalue weighted by Crippen LogP contribution is -2.25. The molecule has 26 heavy (non-hydrogen) atoms. The highest BCUT2D eigenvalue weighted by molar-refractivity contribution is 7.21. The van der Waals surface area contributed by atoms with E-state index in [1.165, 1.54) is 23.3 Å². The Kier molecular flexibility index (Phi) is 4.30. The van der Waals surface area contributed by atoms with Crippen molar-refractivity contribution in [3.05, 3.63) is 64.0 Å². The van der Waals surface area contributed by atoms with Crippen molar-refractivity contribution in [1.29, 1.82) is 0 Å². The van der Waals surface area contributed by atoms with Gasteiger partial charge in [-0.1, -0.05) is 29.8 Å². The summed E-state index contributed by atoms with van der Waals surface area (Å²) >= 11 is 8.02. The molecule has 1 atom stereocenters. The summed E-state index contributed by atoms with van der Waals surface area (Å²) in [4.78, 5) is 12.8. The number of carbonyl (C=O) groups is 1. The predicted molar refractivity (Wildman–Crippen MR) is 103 cm³/mol. The summed E-state index contributed by atoms with van der Waals surface area (Å²) in [5.74, 6) is 0.875. The van der Waals surface area contributed by atoms with Crippen LogP contribution in [0.5, 0.6) is 5.75 Å². The number of hydrogen-bond acceptors (Lipinski definition) is 5. The van der Waals surface area contributed by atoms with Gasteiger partial charge in [-0.3, -0.25) is 4.79 Å². The van der Waals surface area contributed by atoms with Gasteiger partial charge in [0, 0.05) is 22.6 Å². The number of fused-ring (bicyclic) bond motifs is 1. The molecule has 0 saturated carbocycles. The Bertz CT molecular complexity index is 1010. The molecule has 7 heteroatoms. The predicted octanol–water partition coefficient (Wildman–Crippen LogP) is 4.80. The van der Waals surface area contributed by atoms with Crippen LogP contribution in [0.15, 0.2) is 53.6 Å². The van der Waals surface area contributed by atoms with Gasteiger partial charge in [-0.15, -0.1) is 16.4 Å². The van der Waals surface area contributed by atoms with Gasteiger partial charge in [0.15, 0.2) is 0 Å². The number of thiophene rings is 1. The Balaban J connectivity index is 1.72. The van der Waals surface area contributed by atoms with Crippen molar-refractivity contribution in [2.45, 2.75) is 13.2 Å². The molecule has 1 aliphatic heterocycles. The summed E-state index contributed by atoms with van der Waals surface area (Å²) in [5, 5.41) is 7.25. The van der Waals surface area contributed by atoms with Gasteiger partial charge in [0.2, 0.25) is 12.1 Å². The minimum atomic E-state index is -0.630. The van der Waals surface area contributed by atoms with Gasteiger partial charge < -0.3 is 9.47 Å². The van der Waals surface area contributed by atoms with E-state index in [9.17, 15) is 4.79 Å². The first-order valence-electron chi connectivity index (χ1n) is 7.95. The minimum Gasteiger partial charge on any atom is -0.497 e. The van der Waals surface area contributed by atoms with Crippen LogP contribution in [0.2, 0.25) is 5.02 Å². The van der Waals surface area contributed by atoms with Gasteiger partial charge in [-0.05, 0) is 30.3 Å². The van der Waals surface area contributed by atoms with Crippen molar-refractivity contribution in [2.24, 2.45) is 5.10 Å². The van der Waals surface area contributed by atoms with E-state index in [2.05, 4.69) is 5.10 Å². The first kappa shape index (κ1) is 16.9. The van der Waals surface area contributed by atoms with Gasteiger partial charge in [0.25, 0.3) is 5.90 Å². The topological polar surface area (TPSA) is 51.1 Å². The van der Waals surface area contributed by atoms with E-state index >= 15 is 0 Å². The molecule has 0 bridgehead atoms. The highest BCUT2D eigenvalue weighted by Crippen LogP contribution is 2.39. The summed E-state index contributed by atoms with van der Waals surface area (Å²) in [6.45, 7) is 1.46. The Labute approximate surface area is 159 Å². The number of hydrazone groups is 1. The molecule has 0 fully saturated rings. The van der Waals surface area contributed by atoms with Crippen molar-refractivity contribution in [2.75, 3.05) is 7.11 Å². The molecule has 3 aromatic rings. The van der Waals surface area contributed by atoms with Crippen LogP contribution in [0.25, 0.3) is 10.1 Å². The monoisotopic (exact) mass is 386 g/mol. The Morgan fingerprint density at radius 3 is 2.62 bits per heavy atom. The molecule has 5 nitrogen and oxygen atoms in total. The van der Waals surface area contributed by atoms with Crippen LogP contribution >= 0.6 is 22.9 Å². The number of carbonyl (C=O) groups excluding carboxylic acids is 1. The minimum absolute atomic E-state index is 0.210. The third kappa shape index (κ3) is 2.81. The fourth-order valence-corrected chi connectivity index (χ4v) is 4.23. The summed E-state index contributed by atoms with van der Waals surface area (Å²) < 4.78 is 12.3. The molecule has 1 unspecified atom stereocenters. The van der Waals surface area contributed by atoms with Crippen molar-refractivity contribution in [3.63, 3.8) is 0 Å². The lowest BCUT2D eigenvalue weighted by Gasteiger charge is -2.19. The zero-order chi connectivity index (χ0) is 18.3. The maximum atomic E-state index is 12.1. The molecule has 0 saturated heterocycles. The third-order valence-corrected chi connectivity index (χ3v) is 5.76. The normalized spacial score (nSPS) is 16.5. The van der Waals surface area contributed by atoms with Gasteiger partial charge >= 0.3 is 0 Å². The molecule has 1 amide bonds. The highest BCUT2D eigenvalue weighted by atomic mass is 35.5. The summed E-state index contributed by atoms with van der Waals surface area (Å²) in [5.41, 5.74) is 0.803. The Morgan fingerprint density at radius 1 is 1.23 bits per heavy atom. The van der Waals surface area contributed by atoms with Crippen molar-refractivity contribution in [3.8, 4) is 5.75 Å². The number of rotatable bonds is 3. The van der Waals surface area contributed by atoms with Crippen LogP contribution in [0.1, 0.15) is 23.6 Å². The average Bonchev–Trinajstić information content (AvgIpc) is 3.24. The van der Waals surface area contributed by atoms with Crippen LogP contribution in [-0.4, -0.2) is 23.9 Å². The van der Waals surface area contributed by atoms with E-state index in [-0.39, 0.29) is 5.91 Å². The molecule has 2 heterocycles. The summed E-state index contributed by atoms with van der Waals surface area (Å²) in [6.07, 6.45) is -0.630. The molecule has 0 spiro atoms. The molecule has 4 rings (SSSR count). The first-order valence-corrected chi connectivity index (χ1v) is 9.14. The molecular weight excluding hydrogens is 372 g/mol. The van der Waals surface area contributed by atoms with E-state index < -0.39 is 6.23 Å². The summed E-state index contributed by atoms with van der Waals surface area (Å²) in [6, 6.07) is 15.2. The highest BCUT2D eigenvalue weighted by Gasteiger charge is 2.34. The zero-order valence-electron chi connectivity index (χ0n) is 14.1. The van der Waals surface area contributed by atoms with Gasteiger partial charge in [0.05, 0.1) is 12.1 Å². The molecule has 1 aliphatic rings. The Hall–Kier alpha value is -2.57. The third-order valence-electron chi connectivity index (χ3n) is 4.10. The number of nitrogens with zero attached hydrogens (tertiary/aromatic N) is 2. The number of amides is 1. The van der Waals surface area contributed by atoms with Crippen LogP contribution < -0.4 is 4.74 Å². The quantitative estimate of drug-likeness (QED) is 0.649. The molecule has 1 aromatic heterocycles. The largest absolute Gasteiger partial charge is 0.497 e. The maximum absolute atomic E-state index is 12.1. The molecule has 0 N–H and O–H groups in total. The van der Waals surface area contributed by atoms with E-state index in [4.69, 9.17) is 21.1 Å². The van der Waals surface area contributed by atoms with Gasteiger partial charge in [-0.2, -0.15) is 5.01 Å². The fraction of sp³-hybridized carbons (Fsp3) is 0.158. The first-order chi connectivity index (χ1) is 12.6. The smallest absolute Gasteiger partial charge is 0.252 e. The molecule has 0 radical (unpaired) electrons. The van der Waals surface area contributed by atoms with Crippen LogP contribution in [0, 0.1) is 0 Å². The SMILES string of the molecule is COc1ccc(C2OC(c3sc4ccccc4c3Cl)=NN2C(C)=O)cc1. The van der Waals surface area contributed by atoms with Crippen molar-refractivity contribution in [1.82, 2.24) is 5.01 Å². The lowest BCUT2D eigenvalue weighted by atomic mass is 10.2. The number of ether oxygens (including phenoxy) is 2. The standard InChI is InChI=1S/C19H15ClN2O3S/c1-11(23)22-19(12-7-9-13(24-2)10-8-12)25-18(21-22)17-16(20)14-5-3-4-6-15(14)26-17/h3-10,19H,1-2H3. The van der Waals surface area contributed by atoms with Gasteiger partial charge in [0.1, 0.15) is 10.6 Å². The molecule has 0 aliphatic carbocycles. The number of hydrogen-bond donors (Lipinski definition) is 0. The Morgan fingerprint density at radius 2 is 1.96 bits per heavy atom. The van der Waals surface area contributed by atoms with Crippen molar-refractivity contribution < 1.29 is 14.3 Å². The van der Waals surface area contributed by atoms with Crippen LogP contribution in [0.4, 0.5) is 0 Å². The van der Waals surface area contributed by atoms with Gasteiger partial charge in [-0.25, -0.2) is 0 Å². The number of halogens is 1. The fourth-order valence-electron chi connectivity index (χ4n) is 2.79. The average molecular weight is 387 g/mol. The number of methoxy groups -OCH3 is 1.